The molecule has 1 aliphatic rings. The van der Waals surface area contributed by atoms with Crippen LogP contribution in [0.15, 0.2) is 34.7 Å². The second kappa shape index (κ2) is 10.7. The molecule has 1 aromatic rings. The Morgan fingerprint density at radius 2 is 1.86 bits per heavy atom. The molecular weight excluding hydrogens is 521 g/mol. The Bertz CT molecular complexity index is 1160. The number of hydrogen-bond donors (Lipinski definition) is 3. The number of carbonyl (C=O) groups excluding carboxylic acids is 2. The van der Waals surface area contributed by atoms with Gasteiger partial charge in [-0.25, -0.2) is 18.4 Å². The van der Waals surface area contributed by atoms with Gasteiger partial charge in [-0.3, -0.25) is 5.41 Å². The SMILES string of the molecule is COC(=O)C1=C(CF)NC(C(=S)C(=N)N)=C(C(=O)OC(C)C)C1c1c(F)ccc(Cl)c1C(F)(F)F. The number of rotatable bonds is 7. The van der Waals surface area contributed by atoms with E-state index in [0.29, 0.717) is 12.1 Å². The number of amidine groups is 1. The summed E-state index contributed by atoms with van der Waals surface area (Å²) in [7, 11) is 0.854. The molecule has 1 heterocycles. The molecule has 0 spiro atoms. The monoisotopic (exact) mass is 539 g/mol. The van der Waals surface area contributed by atoms with Crippen LogP contribution in [0.1, 0.15) is 30.9 Å². The van der Waals surface area contributed by atoms with Crippen LogP contribution < -0.4 is 11.1 Å². The van der Waals surface area contributed by atoms with E-state index in [1.165, 1.54) is 13.8 Å². The molecule has 4 N–H and O–H groups in total. The Kier molecular flexibility index (Phi) is 8.61. The van der Waals surface area contributed by atoms with Crippen molar-refractivity contribution >= 4 is 46.5 Å². The first-order valence-corrected chi connectivity index (χ1v) is 10.5. The molecule has 0 aliphatic carbocycles. The summed E-state index contributed by atoms with van der Waals surface area (Å²) < 4.78 is 81.2. The smallest absolute Gasteiger partial charge is 0.418 e. The molecule has 0 aromatic heterocycles. The first kappa shape index (κ1) is 28.2. The van der Waals surface area contributed by atoms with Crippen molar-refractivity contribution in [1.82, 2.24) is 5.32 Å². The maximum atomic E-state index is 15.2. The van der Waals surface area contributed by atoms with Gasteiger partial charge in [-0.15, -0.1) is 0 Å². The van der Waals surface area contributed by atoms with Gasteiger partial charge in [-0.2, -0.15) is 13.2 Å². The summed E-state index contributed by atoms with van der Waals surface area (Å²) in [5, 5.41) is 9.00. The normalized spacial score (nSPS) is 16.2. The lowest BCUT2D eigenvalue weighted by Gasteiger charge is -2.33. The van der Waals surface area contributed by atoms with Crippen LogP contribution in [0.2, 0.25) is 5.02 Å². The summed E-state index contributed by atoms with van der Waals surface area (Å²) >= 11 is 10.8. The van der Waals surface area contributed by atoms with Gasteiger partial charge in [0.25, 0.3) is 0 Å². The van der Waals surface area contributed by atoms with E-state index in [9.17, 15) is 27.2 Å². The Morgan fingerprint density at radius 3 is 2.31 bits per heavy atom. The number of carbonyl (C=O) groups is 2. The topological polar surface area (TPSA) is 115 Å². The number of allylic oxidation sites excluding steroid dienone is 1. The summed E-state index contributed by atoms with van der Waals surface area (Å²) in [6.45, 7) is 1.33. The largest absolute Gasteiger partial charge is 0.466 e. The van der Waals surface area contributed by atoms with E-state index >= 15 is 4.39 Å². The van der Waals surface area contributed by atoms with Crippen molar-refractivity contribution in [2.45, 2.75) is 32.0 Å². The zero-order chi connectivity index (χ0) is 26.8. The van der Waals surface area contributed by atoms with Crippen molar-refractivity contribution in [2.75, 3.05) is 13.8 Å². The van der Waals surface area contributed by atoms with Crippen LogP contribution in [0.25, 0.3) is 0 Å². The van der Waals surface area contributed by atoms with Crippen LogP contribution in [0.3, 0.4) is 0 Å². The number of benzene rings is 1. The third kappa shape index (κ3) is 5.61. The molecule has 1 aromatic carbocycles. The van der Waals surface area contributed by atoms with Crippen LogP contribution in [-0.4, -0.2) is 42.5 Å². The number of nitrogens with two attached hydrogens (primary N) is 1. The first-order valence-electron chi connectivity index (χ1n) is 9.70. The van der Waals surface area contributed by atoms with Gasteiger partial charge >= 0.3 is 18.1 Å². The second-order valence-corrected chi connectivity index (χ2v) is 8.19. The van der Waals surface area contributed by atoms with E-state index in [1.54, 1.807) is 0 Å². The van der Waals surface area contributed by atoms with E-state index in [1.807, 2.05) is 0 Å². The van der Waals surface area contributed by atoms with Crippen LogP contribution in [-0.2, 0) is 25.2 Å². The van der Waals surface area contributed by atoms with Gasteiger partial charge in [0.15, 0.2) is 0 Å². The van der Waals surface area contributed by atoms with Gasteiger partial charge < -0.3 is 20.5 Å². The number of esters is 2. The second-order valence-electron chi connectivity index (χ2n) is 7.38. The van der Waals surface area contributed by atoms with Crippen LogP contribution >= 0.6 is 23.8 Å². The summed E-state index contributed by atoms with van der Waals surface area (Å²) in [4.78, 5) is 25.2. The molecular formula is C21H19ClF5N3O4S. The molecule has 0 radical (unpaired) electrons. The van der Waals surface area contributed by atoms with E-state index in [4.69, 9.17) is 39.7 Å². The van der Waals surface area contributed by atoms with Gasteiger partial charge in [-0.1, -0.05) is 23.8 Å². The van der Waals surface area contributed by atoms with E-state index < -0.39 is 92.0 Å². The van der Waals surface area contributed by atoms with E-state index in [2.05, 4.69) is 10.1 Å². The lowest BCUT2D eigenvalue weighted by Crippen LogP contribution is -2.40. The number of alkyl halides is 4. The first-order chi connectivity index (χ1) is 16.2. The zero-order valence-corrected chi connectivity index (χ0v) is 20.0. The van der Waals surface area contributed by atoms with Gasteiger partial charge in [0, 0.05) is 5.56 Å². The van der Waals surface area contributed by atoms with Crippen molar-refractivity contribution in [3.05, 3.63) is 56.6 Å². The molecule has 14 heteroatoms. The fourth-order valence-electron chi connectivity index (χ4n) is 3.44. The number of halogens is 6. The number of methoxy groups -OCH3 is 1. The minimum absolute atomic E-state index is 0.591. The molecule has 0 saturated heterocycles. The number of dihydropyridines is 1. The van der Waals surface area contributed by atoms with Gasteiger partial charge in [-0.05, 0) is 26.0 Å². The fraction of sp³-hybridized carbons (Fsp3) is 0.333. The van der Waals surface area contributed by atoms with Gasteiger partial charge in [0.05, 0.1) is 52.3 Å². The van der Waals surface area contributed by atoms with Crippen molar-refractivity contribution in [3.8, 4) is 0 Å². The highest BCUT2D eigenvalue weighted by Crippen LogP contribution is 2.48. The van der Waals surface area contributed by atoms with Crippen molar-refractivity contribution in [2.24, 2.45) is 5.73 Å². The molecule has 35 heavy (non-hydrogen) atoms. The third-order valence-electron chi connectivity index (χ3n) is 4.73. The number of nitrogens with one attached hydrogen (secondary N) is 2. The number of ether oxygens (including phenoxy) is 2. The Labute approximate surface area is 206 Å². The molecule has 0 saturated carbocycles. The highest BCUT2D eigenvalue weighted by molar-refractivity contribution is 7.82. The Hall–Kier alpha value is -3.06. The summed E-state index contributed by atoms with van der Waals surface area (Å²) in [6.07, 6.45) is -6.10. The standard InChI is InChI=1S/C21H19ClF5N3O4S/c1-7(2)34-20(32)14-13(11-9(24)5-4-8(22)15(11)21(25,26)27)12(19(31)33-3)10(6-23)30-16(14)17(35)18(28)29/h4-5,7,13,30H,6H2,1-3H3,(H3,28,29). The van der Waals surface area contributed by atoms with Crippen LogP contribution in [0.4, 0.5) is 22.0 Å². The molecule has 7 nitrogen and oxygen atoms in total. The summed E-state index contributed by atoms with van der Waals surface area (Å²) in [5.74, 6) is -7.29. The predicted molar refractivity (Wildman–Crippen MR) is 120 cm³/mol. The molecule has 2 rings (SSSR count). The molecule has 0 bridgehead atoms. The fourth-order valence-corrected chi connectivity index (χ4v) is 3.88. The lowest BCUT2D eigenvalue weighted by molar-refractivity contribution is -0.144. The maximum absolute atomic E-state index is 15.2. The van der Waals surface area contributed by atoms with E-state index in [-0.39, 0.29) is 0 Å². The van der Waals surface area contributed by atoms with Crippen molar-refractivity contribution in [3.63, 3.8) is 0 Å². The average Bonchev–Trinajstić information content (AvgIpc) is 2.76. The third-order valence-corrected chi connectivity index (χ3v) is 5.47. The van der Waals surface area contributed by atoms with E-state index in [0.717, 1.165) is 7.11 Å². The minimum Gasteiger partial charge on any atom is -0.466 e. The Balaban J connectivity index is 3.16. The zero-order valence-electron chi connectivity index (χ0n) is 18.4. The van der Waals surface area contributed by atoms with Gasteiger partial charge in [0.1, 0.15) is 23.2 Å². The average molecular weight is 540 g/mol. The van der Waals surface area contributed by atoms with Crippen LogP contribution in [0, 0.1) is 11.2 Å². The minimum atomic E-state index is -5.27. The molecule has 190 valence electrons. The predicted octanol–water partition coefficient (Wildman–Crippen LogP) is 4.09. The highest BCUT2D eigenvalue weighted by Gasteiger charge is 2.47. The molecule has 1 unspecified atom stereocenters. The number of thiocarbonyl (C=S) groups is 1. The Morgan fingerprint density at radius 1 is 1.26 bits per heavy atom. The van der Waals surface area contributed by atoms with Crippen molar-refractivity contribution < 1.29 is 41.0 Å². The lowest BCUT2D eigenvalue weighted by atomic mass is 9.77. The molecule has 1 atom stereocenters. The van der Waals surface area contributed by atoms with Crippen molar-refractivity contribution in [1.29, 1.82) is 5.41 Å². The van der Waals surface area contributed by atoms with Gasteiger partial charge in [0.2, 0.25) is 0 Å². The maximum Gasteiger partial charge on any atom is 0.418 e. The highest BCUT2D eigenvalue weighted by atomic mass is 35.5. The summed E-state index contributed by atoms with van der Waals surface area (Å²) in [6, 6.07) is 1.23. The molecule has 0 fully saturated rings. The number of hydrogen-bond acceptors (Lipinski definition) is 7. The molecule has 1 aliphatic heterocycles. The molecule has 0 amide bonds. The van der Waals surface area contributed by atoms with Crippen LogP contribution in [0.5, 0.6) is 0 Å². The quantitative estimate of drug-likeness (QED) is 0.157. The summed E-state index contributed by atoms with van der Waals surface area (Å²) in [5.41, 5.74) is -0.524.